The molecule has 3 heterocycles. The summed E-state index contributed by atoms with van der Waals surface area (Å²) < 4.78 is 6.12. The minimum Gasteiger partial charge on any atom is -0.496 e. The molecular weight excluding hydrogens is 458 g/mol. The highest BCUT2D eigenvalue weighted by Crippen LogP contribution is 2.54. The molecule has 1 fully saturated rings. The van der Waals surface area contributed by atoms with Gasteiger partial charge in [0.2, 0.25) is 0 Å². The van der Waals surface area contributed by atoms with E-state index in [9.17, 15) is 0 Å². The normalized spacial score (nSPS) is 31.7. The van der Waals surface area contributed by atoms with E-state index in [1.54, 1.807) is 7.11 Å². The first-order valence-electron chi connectivity index (χ1n) is 13.5. The number of aromatic nitrogens is 1. The van der Waals surface area contributed by atoms with Gasteiger partial charge in [-0.05, 0) is 49.5 Å². The van der Waals surface area contributed by atoms with Crippen LogP contribution in [0.1, 0.15) is 75.6 Å². The van der Waals surface area contributed by atoms with Gasteiger partial charge >= 0.3 is 0 Å². The molecule has 37 heavy (non-hydrogen) atoms. The quantitative estimate of drug-likeness (QED) is 0.538. The van der Waals surface area contributed by atoms with Crippen molar-refractivity contribution < 1.29 is 4.74 Å². The molecule has 2 atom stereocenters. The fourth-order valence-corrected chi connectivity index (χ4v) is 6.73. The summed E-state index contributed by atoms with van der Waals surface area (Å²) in [5.41, 5.74) is 12.3. The SMILES string of the molecule is CCC1(C)CC(N)(C2C=CC(c3nc4c(c(OC)c3C3C=CC=CC3)C=NC3=CC(C)=NCN34)=CC2)C1. The Balaban J connectivity index is 1.42. The van der Waals surface area contributed by atoms with Gasteiger partial charge in [0.15, 0.2) is 0 Å². The van der Waals surface area contributed by atoms with Gasteiger partial charge in [-0.3, -0.25) is 9.89 Å². The van der Waals surface area contributed by atoms with E-state index in [1.165, 1.54) is 6.42 Å². The number of ether oxygens (including phenoxy) is 1. The average molecular weight is 496 g/mol. The average Bonchev–Trinajstić information content (AvgIpc) is 2.91. The van der Waals surface area contributed by atoms with E-state index in [2.05, 4.69) is 66.3 Å². The van der Waals surface area contributed by atoms with Crippen molar-refractivity contribution in [1.29, 1.82) is 0 Å². The second-order valence-corrected chi connectivity index (χ2v) is 11.5. The molecule has 2 unspecified atom stereocenters. The zero-order valence-electron chi connectivity index (χ0n) is 22.4. The Bertz CT molecular complexity index is 1340. The monoisotopic (exact) mass is 495 g/mol. The van der Waals surface area contributed by atoms with E-state index < -0.39 is 0 Å². The molecule has 0 aromatic carbocycles. The Kier molecular flexibility index (Phi) is 5.83. The van der Waals surface area contributed by atoms with Crippen LogP contribution in [0.5, 0.6) is 5.75 Å². The number of pyridine rings is 1. The van der Waals surface area contributed by atoms with Crippen molar-refractivity contribution >= 4 is 23.3 Å². The minimum absolute atomic E-state index is 0.107. The molecule has 0 saturated heterocycles. The number of methoxy groups -OCH3 is 1. The number of hydrogen-bond donors (Lipinski definition) is 1. The van der Waals surface area contributed by atoms with Crippen LogP contribution in [0.15, 0.2) is 64.4 Å². The van der Waals surface area contributed by atoms with E-state index in [4.69, 9.17) is 20.4 Å². The number of anilines is 1. The molecule has 6 rings (SSSR count). The number of nitrogens with zero attached hydrogens (tertiary/aromatic N) is 4. The van der Waals surface area contributed by atoms with Crippen LogP contribution in [0.3, 0.4) is 0 Å². The summed E-state index contributed by atoms with van der Waals surface area (Å²) in [5.74, 6) is 3.12. The van der Waals surface area contributed by atoms with Crippen LogP contribution in [0, 0.1) is 11.3 Å². The molecule has 0 spiro atoms. The molecule has 2 N–H and O–H groups in total. The molecule has 6 heteroatoms. The van der Waals surface area contributed by atoms with E-state index >= 15 is 0 Å². The predicted octanol–water partition coefficient (Wildman–Crippen LogP) is 6.07. The van der Waals surface area contributed by atoms with Crippen molar-refractivity contribution in [2.24, 2.45) is 27.1 Å². The number of nitrogens with two attached hydrogens (primary N) is 1. The summed E-state index contributed by atoms with van der Waals surface area (Å²) in [7, 11) is 1.75. The number of aliphatic imine (C=N–C) groups is 2. The molecule has 0 amide bonds. The lowest BCUT2D eigenvalue weighted by Crippen LogP contribution is -2.61. The summed E-state index contributed by atoms with van der Waals surface area (Å²) in [6, 6.07) is 0. The van der Waals surface area contributed by atoms with Crippen LogP contribution in [0.2, 0.25) is 0 Å². The van der Waals surface area contributed by atoms with Gasteiger partial charge in [0, 0.05) is 35.0 Å². The number of fused-ring (bicyclic) bond motifs is 3. The molecule has 6 nitrogen and oxygen atoms in total. The van der Waals surface area contributed by atoms with Crippen molar-refractivity contribution in [3.05, 3.63) is 71.2 Å². The zero-order chi connectivity index (χ0) is 25.8. The fourth-order valence-electron chi connectivity index (χ4n) is 6.73. The van der Waals surface area contributed by atoms with Crippen molar-refractivity contribution in [3.8, 4) is 5.75 Å². The van der Waals surface area contributed by atoms with Crippen molar-refractivity contribution in [1.82, 2.24) is 4.98 Å². The summed E-state index contributed by atoms with van der Waals surface area (Å²) in [6.45, 7) is 7.15. The molecular formula is C31H37N5O. The highest BCUT2D eigenvalue weighted by Gasteiger charge is 2.51. The van der Waals surface area contributed by atoms with Crippen LogP contribution in [0.25, 0.3) is 5.57 Å². The highest BCUT2D eigenvalue weighted by atomic mass is 16.5. The standard InChI is InChI=1S/C31H37N5O/c1-5-30(3)17-31(32,18-30)23-13-11-22(12-14-23)27-26(21-9-7-6-8-10-21)28(37-4)24-16-33-25-15-20(2)34-19-36(25)29(24)35-27/h6-9,11-13,15-16,21,23H,5,10,14,17-19,32H2,1-4H3. The Morgan fingerprint density at radius 1 is 1.19 bits per heavy atom. The lowest BCUT2D eigenvalue weighted by molar-refractivity contribution is 0.0131. The Hall–Kier alpha value is -3.25. The summed E-state index contributed by atoms with van der Waals surface area (Å²) >= 11 is 0. The van der Waals surface area contributed by atoms with E-state index in [-0.39, 0.29) is 11.5 Å². The Morgan fingerprint density at radius 3 is 2.70 bits per heavy atom. The van der Waals surface area contributed by atoms with Gasteiger partial charge < -0.3 is 10.5 Å². The maximum atomic E-state index is 6.91. The molecule has 2 aliphatic heterocycles. The fraction of sp³-hybridized carbons (Fsp3) is 0.452. The second-order valence-electron chi connectivity index (χ2n) is 11.5. The molecule has 3 aliphatic carbocycles. The van der Waals surface area contributed by atoms with Gasteiger partial charge in [-0.2, -0.15) is 0 Å². The Morgan fingerprint density at radius 2 is 2.03 bits per heavy atom. The van der Waals surface area contributed by atoms with Gasteiger partial charge in [0.25, 0.3) is 0 Å². The van der Waals surface area contributed by atoms with Crippen LogP contribution in [-0.2, 0) is 0 Å². The van der Waals surface area contributed by atoms with E-state index in [0.29, 0.717) is 18.0 Å². The molecule has 192 valence electrons. The summed E-state index contributed by atoms with van der Waals surface area (Å²) in [6.07, 6.45) is 24.7. The van der Waals surface area contributed by atoms with Crippen LogP contribution < -0.4 is 15.4 Å². The largest absolute Gasteiger partial charge is 0.496 e. The van der Waals surface area contributed by atoms with Gasteiger partial charge in [0.05, 0.1) is 18.4 Å². The first kappa shape index (κ1) is 24.1. The first-order chi connectivity index (χ1) is 17.8. The lowest BCUT2D eigenvalue weighted by atomic mass is 9.52. The molecule has 0 radical (unpaired) electrons. The maximum absolute atomic E-state index is 6.91. The van der Waals surface area contributed by atoms with Crippen molar-refractivity contribution in [2.45, 2.75) is 64.3 Å². The zero-order valence-corrected chi connectivity index (χ0v) is 22.4. The number of allylic oxidation sites excluding steroid dienone is 8. The second kappa shape index (κ2) is 8.95. The highest BCUT2D eigenvalue weighted by molar-refractivity contribution is 6.00. The first-order valence-corrected chi connectivity index (χ1v) is 13.5. The van der Waals surface area contributed by atoms with Crippen molar-refractivity contribution in [3.63, 3.8) is 0 Å². The maximum Gasteiger partial charge on any atom is 0.149 e. The summed E-state index contributed by atoms with van der Waals surface area (Å²) in [5, 5.41) is 0. The smallest absolute Gasteiger partial charge is 0.149 e. The van der Waals surface area contributed by atoms with Gasteiger partial charge in [0.1, 0.15) is 24.1 Å². The van der Waals surface area contributed by atoms with Crippen LogP contribution in [-0.4, -0.2) is 36.2 Å². The third kappa shape index (κ3) is 4.02. The molecule has 0 bridgehead atoms. The van der Waals surface area contributed by atoms with Crippen LogP contribution >= 0.6 is 0 Å². The Labute approximate surface area is 220 Å². The minimum atomic E-state index is -0.107. The van der Waals surface area contributed by atoms with E-state index in [0.717, 1.165) is 71.2 Å². The van der Waals surface area contributed by atoms with E-state index in [1.807, 2.05) is 19.2 Å². The molecule has 5 aliphatic rings. The van der Waals surface area contributed by atoms with Gasteiger partial charge in [-0.15, -0.1) is 0 Å². The van der Waals surface area contributed by atoms with Gasteiger partial charge in [-0.1, -0.05) is 62.8 Å². The third-order valence-electron chi connectivity index (χ3n) is 8.89. The molecule has 1 saturated carbocycles. The predicted molar refractivity (Wildman–Crippen MR) is 152 cm³/mol. The molecule has 1 aromatic heterocycles. The van der Waals surface area contributed by atoms with Crippen LogP contribution in [0.4, 0.5) is 5.82 Å². The van der Waals surface area contributed by atoms with Crippen molar-refractivity contribution in [2.75, 3.05) is 18.7 Å². The molecule has 1 aromatic rings. The topological polar surface area (TPSA) is 76.1 Å². The lowest BCUT2D eigenvalue weighted by Gasteiger charge is -2.56. The summed E-state index contributed by atoms with van der Waals surface area (Å²) in [4.78, 5) is 16.8. The number of hydrogen-bond acceptors (Lipinski definition) is 6. The van der Waals surface area contributed by atoms with Gasteiger partial charge in [-0.25, -0.2) is 9.98 Å². The third-order valence-corrected chi connectivity index (χ3v) is 8.89. The number of rotatable bonds is 5.